The normalized spacial score (nSPS) is 14.0. The van der Waals surface area contributed by atoms with Crippen molar-refractivity contribution < 1.29 is 9.31 Å². The minimum atomic E-state index is -0.490. The lowest BCUT2D eigenvalue weighted by atomic mass is 9.67. The zero-order valence-corrected chi connectivity index (χ0v) is 69.4. The van der Waals surface area contributed by atoms with Crippen LogP contribution in [0.5, 0.6) is 0 Å². The number of hydrogen-bond donors (Lipinski definition) is 0. The summed E-state index contributed by atoms with van der Waals surface area (Å²) in [4.78, 5) is 38.4. The summed E-state index contributed by atoms with van der Waals surface area (Å²) >= 11 is 5.99. The smallest absolute Gasteiger partial charge is 0.399 e. The van der Waals surface area contributed by atoms with E-state index in [0.717, 1.165) is 88.4 Å². The van der Waals surface area contributed by atoms with E-state index >= 15 is 0 Å². The minimum absolute atomic E-state index is 0.202. The van der Waals surface area contributed by atoms with E-state index in [4.69, 9.17) is 45.8 Å². The topological polar surface area (TPSA) is 122 Å². The van der Waals surface area contributed by atoms with Crippen molar-refractivity contribution in [3.8, 4) is 102 Å². The van der Waals surface area contributed by atoms with Crippen molar-refractivity contribution in [1.82, 2.24) is 39.9 Å². The summed E-state index contributed by atoms with van der Waals surface area (Å²) in [6, 6.07) is 145. The van der Waals surface area contributed by atoms with Crippen LogP contribution in [0.4, 0.5) is 0 Å². The highest BCUT2D eigenvalue weighted by atomic mass is 35.5. The third-order valence-electron chi connectivity index (χ3n) is 25.1. The summed E-state index contributed by atoms with van der Waals surface area (Å²) in [7, 11) is -0.408. The lowest BCUT2D eigenvalue weighted by molar-refractivity contribution is 0.00578. The molecule has 12 heteroatoms. The molecule has 1 fully saturated rings. The Labute approximate surface area is 725 Å². The molecule has 5 heterocycles. The Balaban J connectivity index is 0.000000127. The van der Waals surface area contributed by atoms with Gasteiger partial charge in [-0.05, 0) is 124 Å². The molecule has 0 N–H and O–H groups in total. The minimum Gasteiger partial charge on any atom is -0.399 e. The largest absolute Gasteiger partial charge is 0.494 e. The van der Waals surface area contributed by atoms with Crippen molar-refractivity contribution in [1.29, 1.82) is 0 Å². The Kier molecular flexibility index (Phi) is 19.5. The molecule has 590 valence electrons. The zero-order chi connectivity index (χ0) is 83.5. The number of pyridine rings is 2. The predicted octanol–water partition coefficient (Wildman–Crippen LogP) is 26.2. The van der Waals surface area contributed by atoms with E-state index < -0.39 is 29.2 Å². The van der Waals surface area contributed by atoms with E-state index in [0.29, 0.717) is 29.1 Å². The number of hydrogen-bond acceptors (Lipinski definition) is 10. The zero-order valence-electron chi connectivity index (χ0n) is 68.6. The Hall–Kier alpha value is -14.8. The molecule has 0 radical (unpaired) electrons. The van der Waals surface area contributed by atoms with Crippen molar-refractivity contribution in [3.05, 3.63) is 462 Å². The van der Waals surface area contributed by atoms with Gasteiger partial charge in [-0.25, -0.2) is 29.9 Å². The third kappa shape index (κ3) is 13.2. The molecular weight excluding hydrogens is 1540 g/mol. The second-order valence-electron chi connectivity index (χ2n) is 32.6. The molecule has 2 aliphatic carbocycles. The number of para-hydroxylation sites is 2. The van der Waals surface area contributed by atoms with Crippen molar-refractivity contribution in [2.24, 2.45) is 0 Å². The second-order valence-corrected chi connectivity index (χ2v) is 33.0. The molecule has 0 spiro atoms. The number of fused-ring (bicyclic) bond motifs is 14. The van der Waals surface area contributed by atoms with Crippen LogP contribution in [0, 0.1) is 0 Å². The molecule has 0 saturated carbocycles. The fourth-order valence-electron chi connectivity index (χ4n) is 18.7. The maximum absolute atomic E-state index is 6.36. The van der Waals surface area contributed by atoms with Crippen LogP contribution < -0.4 is 5.46 Å². The van der Waals surface area contributed by atoms with Gasteiger partial charge >= 0.3 is 7.12 Å². The summed E-state index contributed by atoms with van der Waals surface area (Å²) in [5, 5.41) is 7.22. The van der Waals surface area contributed by atoms with Crippen LogP contribution in [0.2, 0.25) is 5.28 Å². The molecule has 23 rings (SSSR count). The average molecular weight is 1620 g/mol. The molecule has 1 aliphatic heterocycles. The second kappa shape index (κ2) is 31.6. The fourth-order valence-corrected chi connectivity index (χ4v) is 18.8. The van der Waals surface area contributed by atoms with Crippen LogP contribution in [-0.2, 0) is 20.1 Å². The number of aromatic nitrogens is 8. The highest BCUT2D eigenvalue weighted by Gasteiger charge is 2.52. The summed E-state index contributed by atoms with van der Waals surface area (Å²) < 4.78 is 12.7. The van der Waals surface area contributed by atoms with E-state index in [1.54, 1.807) is 0 Å². The van der Waals surface area contributed by atoms with E-state index in [-0.39, 0.29) is 5.28 Å². The van der Waals surface area contributed by atoms with E-state index in [9.17, 15) is 0 Å². The Morgan fingerprint density at radius 2 is 0.508 bits per heavy atom. The highest BCUT2D eigenvalue weighted by Crippen LogP contribution is 2.61. The molecule has 10 nitrogen and oxygen atoms in total. The summed E-state index contributed by atoms with van der Waals surface area (Å²) in [5.74, 6) is 3.07. The van der Waals surface area contributed by atoms with Crippen LogP contribution in [0.15, 0.2) is 413 Å². The van der Waals surface area contributed by atoms with Gasteiger partial charge in [0, 0.05) is 71.3 Å². The summed E-state index contributed by atoms with van der Waals surface area (Å²) in [6.07, 6.45) is 0. The monoisotopic (exact) mass is 1610 g/mol. The highest BCUT2D eigenvalue weighted by molar-refractivity contribution is 6.62. The predicted molar refractivity (Wildman–Crippen MR) is 505 cm³/mol. The van der Waals surface area contributed by atoms with Gasteiger partial charge in [0.2, 0.25) is 5.28 Å². The lowest BCUT2D eigenvalue weighted by Gasteiger charge is -2.34. The fraction of sp³-hybridized carbons (Fsp3) is 0.0714. The molecule has 1 saturated heterocycles. The Morgan fingerprint density at radius 1 is 0.234 bits per heavy atom. The third-order valence-corrected chi connectivity index (χ3v) is 25.2. The van der Waals surface area contributed by atoms with Crippen LogP contribution in [0.25, 0.3) is 145 Å². The van der Waals surface area contributed by atoms with Gasteiger partial charge in [0.15, 0.2) is 29.1 Å². The molecule has 20 aromatic rings. The van der Waals surface area contributed by atoms with Gasteiger partial charge < -0.3 is 9.31 Å². The van der Waals surface area contributed by atoms with Gasteiger partial charge in [0.25, 0.3) is 0 Å². The molecule has 16 aromatic carbocycles. The van der Waals surface area contributed by atoms with Gasteiger partial charge in [0.1, 0.15) is 0 Å². The SMILES string of the molecule is CC1(C)OB(c2ccc(-c3nc4ccccc4c4c5c(ccc34)C(c3ccccc3)(c3ccccc3)c3ccccc3-5)cc2)OC1(C)C.Clc1nc(-c2ccccc2)nc(-c2ccccc2)n1.c1ccc(-c2nc(-c3ccccc3)nc(-c3ccc(-c4nc5ccccc5c5c6c(ccc45)C(c4ccccc4)(c4ccccc4)c4ccccc4-6)cc3)n2)cc1. The number of nitrogens with zero attached hydrogens (tertiary/aromatic N) is 8. The Bertz CT molecular complexity index is 7200. The van der Waals surface area contributed by atoms with Crippen molar-refractivity contribution in [2.75, 3.05) is 0 Å². The first kappa shape index (κ1) is 76.5. The summed E-state index contributed by atoms with van der Waals surface area (Å²) in [5.41, 5.74) is 25.1. The van der Waals surface area contributed by atoms with Crippen molar-refractivity contribution in [3.63, 3.8) is 0 Å². The molecule has 0 atom stereocenters. The quantitative estimate of drug-likeness (QED) is 0.0863. The number of halogens is 1. The first-order valence-electron chi connectivity index (χ1n) is 42.0. The maximum atomic E-state index is 6.36. The van der Waals surface area contributed by atoms with Gasteiger partial charge in [-0.1, -0.05) is 400 Å². The van der Waals surface area contributed by atoms with Gasteiger partial charge in [0.05, 0.1) is 44.5 Å². The first-order chi connectivity index (χ1) is 60.9. The molecule has 0 unspecified atom stereocenters. The number of benzene rings is 16. The molecule has 0 bridgehead atoms. The van der Waals surface area contributed by atoms with Gasteiger partial charge in [-0.15, -0.1) is 0 Å². The van der Waals surface area contributed by atoms with Crippen molar-refractivity contribution in [2.45, 2.75) is 49.7 Å². The Morgan fingerprint density at radius 3 is 0.855 bits per heavy atom. The maximum Gasteiger partial charge on any atom is 0.494 e. The van der Waals surface area contributed by atoms with Crippen LogP contribution in [0.1, 0.15) is 72.2 Å². The first-order valence-corrected chi connectivity index (χ1v) is 42.4. The van der Waals surface area contributed by atoms with Gasteiger partial charge in [-0.3, -0.25) is 0 Å². The average Bonchev–Trinajstić information content (AvgIpc) is 1.52. The standard InChI is InChI=1S/C53H34N4.C44H36BNO2.C15H10ClN3/c1-5-17-36(18-6-1)50-55-51(37-19-7-2-8-20-37)57-52(56-50)38-31-29-35(30-32-38)49-43-33-34-45-48(47(43)42-26-14-16-28-46(42)54-49)41-25-13-15-27-44(41)53(45,39-21-9-3-10-22-39)40-23-11-4-12-24-40;1-42(2)43(3,4)48-45(47-42)32-25-23-29(24-26-32)41-35-27-28-37-40(39(35)34-20-12-14-22-38(34)46-41)33-19-11-13-21-36(33)44(37,30-15-7-5-8-16-30)31-17-9-6-10-18-31;16-15-18-13(11-7-3-1-4-8-11)17-14(19-15)12-9-5-2-6-10-12/h1-34H;5-28H,1-4H3;1-10H. The molecular formula is C112H80BClN8O2. The van der Waals surface area contributed by atoms with E-state index in [2.05, 4.69) is 334 Å². The van der Waals surface area contributed by atoms with E-state index in [1.165, 1.54) is 77.5 Å². The molecule has 0 amide bonds. The number of rotatable bonds is 12. The molecule has 124 heavy (non-hydrogen) atoms. The van der Waals surface area contributed by atoms with Gasteiger partial charge in [-0.2, -0.15) is 9.97 Å². The van der Waals surface area contributed by atoms with E-state index in [1.807, 2.05) is 121 Å². The van der Waals surface area contributed by atoms with Crippen molar-refractivity contribution >= 4 is 67.5 Å². The van der Waals surface area contributed by atoms with Crippen LogP contribution in [0.3, 0.4) is 0 Å². The van der Waals surface area contributed by atoms with Crippen LogP contribution >= 0.6 is 11.6 Å². The van der Waals surface area contributed by atoms with Crippen LogP contribution in [-0.4, -0.2) is 58.2 Å². The molecule has 4 aromatic heterocycles. The lowest BCUT2D eigenvalue weighted by Crippen LogP contribution is -2.41. The summed E-state index contributed by atoms with van der Waals surface area (Å²) in [6.45, 7) is 8.36. The molecule has 3 aliphatic rings.